The van der Waals surface area contributed by atoms with Crippen molar-refractivity contribution < 1.29 is 28.6 Å². The van der Waals surface area contributed by atoms with Crippen molar-refractivity contribution in [3.63, 3.8) is 0 Å². The Morgan fingerprint density at radius 2 is 1.79 bits per heavy atom. The van der Waals surface area contributed by atoms with E-state index in [4.69, 9.17) is 14.2 Å². The third kappa shape index (κ3) is 6.52. The summed E-state index contributed by atoms with van der Waals surface area (Å²) in [5, 5.41) is 2.97. The van der Waals surface area contributed by atoms with Gasteiger partial charge in [-0.2, -0.15) is 0 Å². The molecule has 2 aromatic carbocycles. The molecule has 0 saturated carbocycles. The average Bonchev–Trinajstić information content (AvgIpc) is 3.27. The molecular weight excluding hydrogens is 476 g/mol. The van der Waals surface area contributed by atoms with Gasteiger partial charge in [0.25, 0.3) is 5.91 Å². The molecule has 1 amide bonds. The lowest BCUT2D eigenvalue weighted by Gasteiger charge is -2.08. The number of anilines is 2. The monoisotopic (exact) mass is 500 g/mol. The molecule has 0 radical (unpaired) electrons. The zero-order chi connectivity index (χ0) is 24.5. The minimum atomic E-state index is -0.631. The Morgan fingerprint density at radius 3 is 2.53 bits per heavy atom. The second kappa shape index (κ2) is 12.1. The van der Waals surface area contributed by atoms with Crippen molar-refractivity contribution in [3.05, 3.63) is 65.7 Å². The smallest absolute Gasteiger partial charge is 0.341 e. The van der Waals surface area contributed by atoms with Crippen molar-refractivity contribution in [2.45, 2.75) is 6.92 Å². The van der Waals surface area contributed by atoms with Gasteiger partial charge >= 0.3 is 11.9 Å². The van der Waals surface area contributed by atoms with E-state index in [2.05, 4.69) is 10.0 Å². The molecular formula is C24H24N2O6S2. The number of hydrogen-bond acceptors (Lipinski definition) is 9. The Hall–Kier alpha value is -3.50. The number of thiophene rings is 1. The van der Waals surface area contributed by atoms with Crippen LogP contribution < -0.4 is 14.8 Å². The molecule has 0 saturated heterocycles. The number of carbonyl (C=O) groups excluding carboxylic acids is 3. The first-order chi connectivity index (χ1) is 16.4. The van der Waals surface area contributed by atoms with E-state index < -0.39 is 24.5 Å². The van der Waals surface area contributed by atoms with Gasteiger partial charge in [-0.1, -0.05) is 30.1 Å². The SMILES string of the molecule is CCOC(=O)c1cc(-c2cccc(OC)c2)sc1NC(=O)COC(=O)c1cccc(NSC)c1. The third-order valence-corrected chi connectivity index (χ3v) is 6.03. The highest BCUT2D eigenvalue weighted by molar-refractivity contribution is 7.99. The number of benzene rings is 2. The molecule has 10 heteroatoms. The maximum absolute atomic E-state index is 12.5. The van der Waals surface area contributed by atoms with E-state index in [0.29, 0.717) is 16.3 Å². The quantitative estimate of drug-likeness (QED) is 0.293. The largest absolute Gasteiger partial charge is 0.497 e. The van der Waals surface area contributed by atoms with Crippen LogP contribution in [-0.2, 0) is 14.3 Å². The van der Waals surface area contributed by atoms with Crippen molar-refractivity contribution in [1.29, 1.82) is 0 Å². The Kier molecular flexibility index (Phi) is 8.94. The fraction of sp³-hybridized carbons (Fsp3) is 0.208. The van der Waals surface area contributed by atoms with Crippen LogP contribution in [-0.4, -0.2) is 44.4 Å². The number of carbonyl (C=O) groups is 3. The summed E-state index contributed by atoms with van der Waals surface area (Å²) >= 11 is 2.61. The zero-order valence-electron chi connectivity index (χ0n) is 18.9. The van der Waals surface area contributed by atoms with Crippen LogP contribution in [0.4, 0.5) is 10.7 Å². The number of methoxy groups -OCH3 is 1. The molecule has 1 aromatic heterocycles. The zero-order valence-corrected chi connectivity index (χ0v) is 20.5. The van der Waals surface area contributed by atoms with Gasteiger partial charge in [0.05, 0.1) is 24.8 Å². The van der Waals surface area contributed by atoms with Gasteiger partial charge in [0, 0.05) is 16.8 Å². The Labute approximate surface area is 205 Å². The molecule has 178 valence electrons. The van der Waals surface area contributed by atoms with Gasteiger partial charge in [-0.05, 0) is 48.9 Å². The number of ether oxygens (including phenoxy) is 3. The van der Waals surface area contributed by atoms with Crippen molar-refractivity contribution in [1.82, 2.24) is 0 Å². The first kappa shape index (κ1) is 25.1. The molecule has 0 aliphatic heterocycles. The van der Waals surface area contributed by atoms with Gasteiger partial charge in [0.15, 0.2) is 6.61 Å². The maximum atomic E-state index is 12.5. The molecule has 3 rings (SSSR count). The van der Waals surface area contributed by atoms with Gasteiger partial charge in [0.2, 0.25) is 0 Å². The van der Waals surface area contributed by atoms with Crippen molar-refractivity contribution in [2.75, 3.05) is 36.6 Å². The van der Waals surface area contributed by atoms with Crippen LogP contribution in [0.3, 0.4) is 0 Å². The van der Waals surface area contributed by atoms with E-state index >= 15 is 0 Å². The predicted molar refractivity (Wildman–Crippen MR) is 135 cm³/mol. The van der Waals surface area contributed by atoms with Crippen LogP contribution >= 0.6 is 23.3 Å². The summed E-state index contributed by atoms with van der Waals surface area (Å²) in [6.07, 6.45) is 1.87. The Balaban J connectivity index is 1.73. The second-order valence-corrected chi connectivity index (χ2v) is 8.48. The van der Waals surface area contributed by atoms with E-state index in [0.717, 1.165) is 16.1 Å². The number of esters is 2. The molecule has 3 aromatic rings. The maximum Gasteiger partial charge on any atom is 0.341 e. The summed E-state index contributed by atoms with van der Waals surface area (Å²) in [6.45, 7) is 1.39. The highest BCUT2D eigenvalue weighted by atomic mass is 32.2. The van der Waals surface area contributed by atoms with Gasteiger partial charge in [0.1, 0.15) is 10.8 Å². The van der Waals surface area contributed by atoms with Crippen LogP contribution in [0.2, 0.25) is 0 Å². The fourth-order valence-corrected chi connectivity index (χ4v) is 4.39. The number of nitrogens with one attached hydrogen (secondary N) is 2. The number of hydrogen-bond donors (Lipinski definition) is 2. The Bertz CT molecular complexity index is 1180. The molecule has 8 nitrogen and oxygen atoms in total. The summed E-state index contributed by atoms with van der Waals surface area (Å²) in [7, 11) is 1.57. The minimum absolute atomic E-state index is 0.193. The summed E-state index contributed by atoms with van der Waals surface area (Å²) in [6, 6.07) is 15.8. The summed E-state index contributed by atoms with van der Waals surface area (Å²) in [4.78, 5) is 38.1. The molecule has 1 heterocycles. The lowest BCUT2D eigenvalue weighted by molar-refractivity contribution is -0.119. The van der Waals surface area contributed by atoms with E-state index in [1.54, 1.807) is 38.3 Å². The van der Waals surface area contributed by atoms with E-state index in [1.165, 1.54) is 23.3 Å². The summed E-state index contributed by atoms with van der Waals surface area (Å²) in [5.74, 6) is -1.10. The number of amides is 1. The van der Waals surface area contributed by atoms with Crippen molar-refractivity contribution >= 4 is 51.8 Å². The summed E-state index contributed by atoms with van der Waals surface area (Å²) in [5.41, 5.74) is 2.10. The lowest BCUT2D eigenvalue weighted by atomic mass is 10.1. The van der Waals surface area contributed by atoms with E-state index in [1.807, 2.05) is 36.6 Å². The lowest BCUT2D eigenvalue weighted by Crippen LogP contribution is -2.21. The first-order valence-corrected chi connectivity index (χ1v) is 12.3. The topological polar surface area (TPSA) is 103 Å². The molecule has 0 bridgehead atoms. The van der Waals surface area contributed by atoms with Gasteiger partial charge in [-0.15, -0.1) is 11.3 Å². The van der Waals surface area contributed by atoms with Gasteiger partial charge in [-0.3, -0.25) is 4.79 Å². The van der Waals surface area contributed by atoms with Crippen LogP contribution in [0.5, 0.6) is 5.75 Å². The summed E-state index contributed by atoms with van der Waals surface area (Å²) < 4.78 is 18.6. The predicted octanol–water partition coefficient (Wildman–Crippen LogP) is 5.09. The highest BCUT2D eigenvalue weighted by Gasteiger charge is 2.21. The van der Waals surface area contributed by atoms with E-state index in [-0.39, 0.29) is 12.2 Å². The van der Waals surface area contributed by atoms with Crippen LogP contribution in [0, 0.1) is 0 Å². The molecule has 0 spiro atoms. The van der Waals surface area contributed by atoms with E-state index in [9.17, 15) is 14.4 Å². The van der Waals surface area contributed by atoms with Crippen molar-refractivity contribution in [2.24, 2.45) is 0 Å². The van der Waals surface area contributed by atoms with Crippen LogP contribution in [0.25, 0.3) is 10.4 Å². The molecule has 0 fully saturated rings. The van der Waals surface area contributed by atoms with Gasteiger partial charge < -0.3 is 24.2 Å². The van der Waals surface area contributed by atoms with Crippen molar-refractivity contribution in [3.8, 4) is 16.2 Å². The molecule has 2 N–H and O–H groups in total. The Morgan fingerprint density at radius 1 is 1.00 bits per heavy atom. The van der Waals surface area contributed by atoms with Crippen LogP contribution in [0.15, 0.2) is 54.6 Å². The first-order valence-electron chi connectivity index (χ1n) is 10.3. The standard InChI is InChI=1S/C24H24N2O6S2/c1-4-31-24(29)19-13-20(15-7-6-10-18(12-15)30-2)34-22(19)25-21(27)14-32-23(28)16-8-5-9-17(11-16)26-33-3/h5-13,26H,4,14H2,1-3H3,(H,25,27). The minimum Gasteiger partial charge on any atom is -0.497 e. The third-order valence-electron chi connectivity index (χ3n) is 4.49. The highest BCUT2D eigenvalue weighted by Crippen LogP contribution is 2.37. The molecule has 34 heavy (non-hydrogen) atoms. The van der Waals surface area contributed by atoms with Crippen LogP contribution in [0.1, 0.15) is 27.6 Å². The number of rotatable bonds is 10. The molecule has 0 aliphatic carbocycles. The second-order valence-electron chi connectivity index (χ2n) is 6.82. The average molecular weight is 501 g/mol. The normalized spacial score (nSPS) is 10.3. The molecule has 0 aliphatic rings. The van der Waals surface area contributed by atoms with Gasteiger partial charge in [-0.25, -0.2) is 9.59 Å². The molecule has 0 atom stereocenters. The molecule has 0 unspecified atom stereocenters. The fourth-order valence-electron chi connectivity index (χ4n) is 2.97.